The summed E-state index contributed by atoms with van der Waals surface area (Å²) in [7, 11) is 1.38. The first-order valence-electron chi connectivity index (χ1n) is 20.5. The topological polar surface area (TPSA) is 203 Å². The minimum atomic E-state index is -0.965. The van der Waals surface area contributed by atoms with E-state index in [-0.39, 0.29) is 50.6 Å². The summed E-state index contributed by atoms with van der Waals surface area (Å²) in [5, 5.41) is 12.5. The van der Waals surface area contributed by atoms with Crippen LogP contribution in [0, 0.1) is 6.92 Å². The maximum Gasteiger partial charge on any atom is 0.339 e. The number of ketones is 2. The van der Waals surface area contributed by atoms with Gasteiger partial charge in [0.15, 0.2) is 24.8 Å². The van der Waals surface area contributed by atoms with Gasteiger partial charge in [0.2, 0.25) is 0 Å². The molecule has 0 aliphatic heterocycles. The third kappa shape index (κ3) is 12.0. The van der Waals surface area contributed by atoms with Gasteiger partial charge in [0.1, 0.15) is 0 Å². The van der Waals surface area contributed by atoms with E-state index in [1.54, 1.807) is 42.5 Å². The molecule has 0 aromatic heterocycles. The van der Waals surface area contributed by atoms with Gasteiger partial charge in [-0.25, -0.2) is 9.59 Å². The van der Waals surface area contributed by atoms with Gasteiger partial charge in [-0.1, -0.05) is 72.9 Å². The summed E-state index contributed by atoms with van der Waals surface area (Å²) in [6.07, 6.45) is 0. The second kappa shape index (κ2) is 21.5. The number of fused-ring (bicyclic) bond motifs is 1. The fourth-order valence-electron chi connectivity index (χ4n) is 6.47. The number of benzene rings is 6. The summed E-state index contributed by atoms with van der Waals surface area (Å²) < 4.78 is 10.4. The zero-order valence-electron chi connectivity index (χ0n) is 36.9. The third-order valence-corrected chi connectivity index (χ3v) is 11.1. The van der Waals surface area contributed by atoms with E-state index in [1.165, 1.54) is 63.4 Å². The molecule has 0 saturated carbocycles. The molecule has 0 atom stereocenters. The molecule has 0 spiro atoms. The number of rotatable bonds is 17. The molecule has 0 radical (unpaired) electrons. The highest BCUT2D eigenvalue weighted by atomic mass is 32.2. The smallest absolute Gasteiger partial charge is 0.339 e. The van der Waals surface area contributed by atoms with Crippen molar-refractivity contribution in [1.29, 1.82) is 0 Å². The van der Waals surface area contributed by atoms with Crippen LogP contribution in [-0.2, 0) is 19.1 Å². The molecule has 0 fully saturated rings. The Morgan fingerprint density at radius 1 is 0.507 bits per heavy atom. The molecule has 0 heterocycles. The van der Waals surface area contributed by atoms with Crippen molar-refractivity contribution in [3.8, 4) is 0 Å². The normalized spacial score (nSPS) is 10.6. The Morgan fingerprint density at radius 2 is 0.985 bits per heavy atom. The molecule has 6 aromatic carbocycles. The van der Waals surface area contributed by atoms with Gasteiger partial charge in [0, 0.05) is 55.8 Å². The molecule has 0 bridgehead atoms. The maximum atomic E-state index is 14.1. The SMILES string of the molecule is C=C(C)C(=O)COC(=O)c1ccc(Sc2ccc(C(=O)OCC(=O)C(=C)C)c(C(=O)Nc3cccc(C(=O)Nc4ccc(NC(=O)c5cccc(C)c5)c5ccccc45)c3)c2)cc1C(=O)NC. The van der Waals surface area contributed by atoms with Crippen molar-refractivity contribution >= 4 is 86.7 Å². The number of ether oxygens (including phenoxy) is 2. The summed E-state index contributed by atoms with van der Waals surface area (Å²) in [6.45, 7) is 10.8. The summed E-state index contributed by atoms with van der Waals surface area (Å²) in [5.41, 5.74) is 2.76. The van der Waals surface area contributed by atoms with Gasteiger partial charge < -0.3 is 30.7 Å². The summed E-state index contributed by atoms with van der Waals surface area (Å²) >= 11 is 1.09. The van der Waals surface area contributed by atoms with Gasteiger partial charge in [0.25, 0.3) is 23.6 Å². The molecule has 338 valence electrons. The van der Waals surface area contributed by atoms with Gasteiger partial charge in [-0.3, -0.25) is 28.8 Å². The molecule has 6 rings (SSSR count). The number of hydrogen-bond donors (Lipinski definition) is 4. The predicted octanol–water partition coefficient (Wildman–Crippen LogP) is 9.02. The number of esters is 2. The van der Waals surface area contributed by atoms with E-state index in [0.29, 0.717) is 37.5 Å². The lowest BCUT2D eigenvalue weighted by molar-refractivity contribution is -0.119. The third-order valence-electron chi connectivity index (χ3n) is 10.1. The van der Waals surface area contributed by atoms with Crippen LogP contribution in [0.4, 0.5) is 17.1 Å². The molecule has 4 N–H and O–H groups in total. The average Bonchev–Trinajstić information content (AvgIpc) is 3.32. The van der Waals surface area contributed by atoms with Crippen molar-refractivity contribution in [3.05, 3.63) is 185 Å². The Balaban J connectivity index is 1.24. The van der Waals surface area contributed by atoms with Gasteiger partial charge >= 0.3 is 11.9 Å². The molecule has 0 aliphatic carbocycles. The average molecular weight is 917 g/mol. The van der Waals surface area contributed by atoms with E-state index in [2.05, 4.69) is 34.4 Å². The Hall–Kier alpha value is -8.43. The van der Waals surface area contributed by atoms with E-state index < -0.39 is 54.4 Å². The second-order valence-corrected chi connectivity index (χ2v) is 16.3. The van der Waals surface area contributed by atoms with Crippen molar-refractivity contribution in [3.63, 3.8) is 0 Å². The van der Waals surface area contributed by atoms with Gasteiger partial charge in [0.05, 0.1) is 22.3 Å². The zero-order chi connectivity index (χ0) is 48.4. The standard InChI is InChI=1S/C52H44N4O10S/c1-29(2)45(57)27-65-51(63)39-19-17-35(25-41(39)49(61)53-6)67-36-18-20-40(52(64)66-28-46(58)30(3)4)42(26-36)50(62)54-34-14-10-13-33(24-34)48(60)56-44-22-21-43(37-15-7-8-16-38(37)44)55-47(59)32-12-9-11-31(5)23-32/h7-26H,1,3,27-28H2,2,4-6H3,(H,53,61)(H,54,62)(H,55,59)(H,56,60). The van der Waals surface area contributed by atoms with Crippen molar-refractivity contribution in [2.24, 2.45) is 0 Å². The summed E-state index contributed by atoms with van der Waals surface area (Å²) in [6, 6.07) is 32.7. The fraction of sp³-hybridized carbons (Fsp3) is 0.115. The van der Waals surface area contributed by atoms with Crippen molar-refractivity contribution in [2.45, 2.75) is 30.6 Å². The van der Waals surface area contributed by atoms with Crippen LogP contribution in [0.2, 0.25) is 0 Å². The van der Waals surface area contributed by atoms with Gasteiger partial charge in [-0.15, -0.1) is 0 Å². The molecule has 0 unspecified atom stereocenters. The molecule has 15 heteroatoms. The van der Waals surface area contributed by atoms with Crippen LogP contribution in [0.1, 0.15) is 81.6 Å². The highest BCUT2D eigenvalue weighted by Crippen LogP contribution is 2.33. The molecular formula is C52H44N4O10S. The van der Waals surface area contributed by atoms with E-state index in [9.17, 15) is 38.4 Å². The first-order valence-corrected chi connectivity index (χ1v) is 21.4. The molecule has 67 heavy (non-hydrogen) atoms. The van der Waals surface area contributed by atoms with Gasteiger partial charge in [-0.05, 0) is 111 Å². The Bertz CT molecular complexity index is 3050. The lowest BCUT2D eigenvalue weighted by Crippen LogP contribution is -2.23. The maximum absolute atomic E-state index is 14.1. The second-order valence-electron chi connectivity index (χ2n) is 15.2. The van der Waals surface area contributed by atoms with Crippen LogP contribution in [0.25, 0.3) is 10.8 Å². The molecule has 0 aliphatic rings. The van der Waals surface area contributed by atoms with E-state index in [4.69, 9.17) is 9.47 Å². The number of amides is 4. The largest absolute Gasteiger partial charge is 0.454 e. The van der Waals surface area contributed by atoms with Crippen molar-refractivity contribution in [2.75, 3.05) is 36.2 Å². The first kappa shape index (κ1) is 48.0. The fourth-order valence-corrected chi connectivity index (χ4v) is 7.37. The summed E-state index contributed by atoms with van der Waals surface area (Å²) in [4.78, 5) is 105. The highest BCUT2D eigenvalue weighted by molar-refractivity contribution is 7.99. The number of Topliss-reactive ketones (excluding diaryl/α,β-unsaturated/α-hetero) is 2. The first-order chi connectivity index (χ1) is 32.0. The van der Waals surface area contributed by atoms with Crippen LogP contribution in [-0.4, -0.2) is 67.4 Å². The molecule has 4 amide bonds. The minimum absolute atomic E-state index is 0.0443. The van der Waals surface area contributed by atoms with E-state index in [0.717, 1.165) is 17.3 Å². The number of carbonyl (C=O) groups excluding carboxylic acids is 8. The predicted molar refractivity (Wildman–Crippen MR) is 256 cm³/mol. The Kier molecular flexibility index (Phi) is 15.4. The monoisotopic (exact) mass is 916 g/mol. The Morgan fingerprint density at radius 3 is 1.46 bits per heavy atom. The highest BCUT2D eigenvalue weighted by Gasteiger charge is 2.24. The quantitative estimate of drug-likeness (QED) is 0.0502. The minimum Gasteiger partial charge on any atom is -0.454 e. The summed E-state index contributed by atoms with van der Waals surface area (Å²) in [5.74, 6) is -5.02. The van der Waals surface area contributed by atoms with Crippen LogP contribution in [0.3, 0.4) is 0 Å². The van der Waals surface area contributed by atoms with Crippen LogP contribution >= 0.6 is 11.8 Å². The van der Waals surface area contributed by atoms with Crippen LogP contribution < -0.4 is 21.3 Å². The van der Waals surface area contributed by atoms with E-state index in [1.807, 2.05) is 43.3 Å². The zero-order valence-corrected chi connectivity index (χ0v) is 37.7. The number of anilines is 3. The lowest BCUT2D eigenvalue weighted by atomic mass is 10.1. The number of aryl methyl sites for hydroxylation is 1. The van der Waals surface area contributed by atoms with Crippen LogP contribution in [0.5, 0.6) is 0 Å². The molecule has 14 nitrogen and oxygen atoms in total. The Labute approximate surface area is 389 Å². The van der Waals surface area contributed by atoms with Crippen molar-refractivity contribution in [1.82, 2.24) is 5.32 Å². The van der Waals surface area contributed by atoms with Gasteiger partial charge in [-0.2, -0.15) is 0 Å². The number of hydrogen-bond acceptors (Lipinski definition) is 11. The van der Waals surface area contributed by atoms with E-state index >= 15 is 0 Å². The molecule has 6 aromatic rings. The number of carbonyl (C=O) groups is 8. The van der Waals surface area contributed by atoms with Crippen molar-refractivity contribution < 1.29 is 47.8 Å². The van der Waals surface area contributed by atoms with Crippen LogP contribution in [0.15, 0.2) is 155 Å². The molecular weight excluding hydrogens is 873 g/mol. The lowest BCUT2D eigenvalue weighted by Gasteiger charge is -2.15. The molecule has 0 saturated heterocycles. The number of nitrogens with one attached hydrogen (secondary N) is 4.